The van der Waals surface area contributed by atoms with Crippen LogP contribution in [0.2, 0.25) is 0 Å². The van der Waals surface area contributed by atoms with Crippen molar-refractivity contribution in [1.82, 2.24) is 9.80 Å². The highest BCUT2D eigenvalue weighted by atomic mass is 19.4. The summed E-state index contributed by atoms with van der Waals surface area (Å²) in [7, 11) is 0. The van der Waals surface area contributed by atoms with Gasteiger partial charge in [-0.2, -0.15) is 18.4 Å². The van der Waals surface area contributed by atoms with Gasteiger partial charge in [-0.1, -0.05) is 6.07 Å². The van der Waals surface area contributed by atoms with Gasteiger partial charge in [0.2, 0.25) is 0 Å². The fourth-order valence-electron chi connectivity index (χ4n) is 2.62. The van der Waals surface area contributed by atoms with Gasteiger partial charge in [0.1, 0.15) is 6.61 Å². The van der Waals surface area contributed by atoms with Crippen LogP contribution in [0, 0.1) is 11.3 Å². The first-order chi connectivity index (χ1) is 12.4. The summed E-state index contributed by atoms with van der Waals surface area (Å²) in [6, 6.07) is 8.48. The maximum absolute atomic E-state index is 12.3. The van der Waals surface area contributed by atoms with E-state index in [0.29, 0.717) is 50.4 Å². The van der Waals surface area contributed by atoms with Crippen LogP contribution in [-0.2, 0) is 4.74 Å². The Balaban J connectivity index is 1.66. The lowest BCUT2D eigenvalue weighted by Crippen LogP contribution is -2.50. The molecule has 0 unspecified atom stereocenters. The van der Waals surface area contributed by atoms with Gasteiger partial charge in [-0.3, -0.25) is 4.90 Å². The highest BCUT2D eigenvalue weighted by molar-refractivity contribution is 5.89. The SMILES string of the molecule is N#Cc1cccc(NC(=O)N2CCN(CCCOCC(F)(F)F)CC2)c1. The summed E-state index contributed by atoms with van der Waals surface area (Å²) in [5.74, 6) is 0. The fourth-order valence-corrected chi connectivity index (χ4v) is 2.62. The Morgan fingerprint density at radius 3 is 2.65 bits per heavy atom. The monoisotopic (exact) mass is 370 g/mol. The van der Waals surface area contributed by atoms with Crippen molar-refractivity contribution in [1.29, 1.82) is 5.26 Å². The van der Waals surface area contributed by atoms with Gasteiger partial charge in [-0.25, -0.2) is 4.79 Å². The van der Waals surface area contributed by atoms with Crippen LogP contribution < -0.4 is 5.32 Å². The van der Waals surface area contributed by atoms with Crippen molar-refractivity contribution in [3.8, 4) is 6.07 Å². The maximum atomic E-state index is 12.3. The third-order valence-corrected chi connectivity index (χ3v) is 3.93. The van der Waals surface area contributed by atoms with Gasteiger partial charge >= 0.3 is 12.2 Å². The summed E-state index contributed by atoms with van der Waals surface area (Å²) in [6.45, 7) is 1.87. The first-order valence-corrected chi connectivity index (χ1v) is 8.30. The maximum Gasteiger partial charge on any atom is 0.411 e. The number of halogens is 3. The minimum absolute atomic E-state index is 0.0649. The Hall–Kier alpha value is -2.31. The summed E-state index contributed by atoms with van der Waals surface area (Å²) < 4.78 is 40.5. The van der Waals surface area contributed by atoms with E-state index in [1.165, 1.54) is 0 Å². The van der Waals surface area contributed by atoms with Crippen molar-refractivity contribution >= 4 is 11.7 Å². The number of piperazine rings is 1. The molecule has 1 aromatic carbocycles. The minimum atomic E-state index is -4.29. The third kappa shape index (κ3) is 6.90. The molecular weight excluding hydrogens is 349 g/mol. The summed E-state index contributed by atoms with van der Waals surface area (Å²) in [6.07, 6.45) is -3.77. The van der Waals surface area contributed by atoms with Gasteiger partial charge in [-0.05, 0) is 24.6 Å². The Morgan fingerprint density at radius 2 is 2.00 bits per heavy atom. The first-order valence-electron chi connectivity index (χ1n) is 8.30. The lowest BCUT2D eigenvalue weighted by Gasteiger charge is -2.34. The molecule has 1 saturated heterocycles. The molecule has 0 spiro atoms. The molecule has 1 aromatic rings. The highest BCUT2D eigenvalue weighted by Crippen LogP contribution is 2.15. The van der Waals surface area contributed by atoms with Crippen LogP contribution in [0.3, 0.4) is 0 Å². The van der Waals surface area contributed by atoms with Crippen LogP contribution in [0.5, 0.6) is 0 Å². The normalized spacial score (nSPS) is 15.5. The first kappa shape index (κ1) is 20.0. The number of nitriles is 1. The summed E-state index contributed by atoms with van der Waals surface area (Å²) in [4.78, 5) is 16.0. The molecule has 2 amide bonds. The molecule has 142 valence electrons. The number of alkyl halides is 3. The van der Waals surface area contributed by atoms with Crippen LogP contribution in [0.1, 0.15) is 12.0 Å². The molecule has 6 nitrogen and oxygen atoms in total. The quantitative estimate of drug-likeness (QED) is 0.782. The molecule has 0 bridgehead atoms. The number of anilines is 1. The van der Waals surface area contributed by atoms with Crippen LogP contribution in [0.15, 0.2) is 24.3 Å². The van der Waals surface area contributed by atoms with E-state index in [-0.39, 0.29) is 12.6 Å². The number of amides is 2. The number of carbonyl (C=O) groups is 1. The van der Waals surface area contributed by atoms with Crippen molar-refractivity contribution in [2.24, 2.45) is 0 Å². The number of nitrogens with zero attached hydrogens (tertiary/aromatic N) is 3. The average molecular weight is 370 g/mol. The lowest BCUT2D eigenvalue weighted by molar-refractivity contribution is -0.174. The molecule has 1 heterocycles. The van der Waals surface area contributed by atoms with Crippen LogP contribution in [-0.4, -0.2) is 67.9 Å². The van der Waals surface area contributed by atoms with Crippen LogP contribution >= 0.6 is 0 Å². The predicted molar refractivity (Wildman–Crippen MR) is 89.7 cm³/mol. The van der Waals surface area contributed by atoms with Crippen LogP contribution in [0.4, 0.5) is 23.7 Å². The lowest BCUT2D eigenvalue weighted by atomic mass is 10.2. The number of ether oxygens (including phenoxy) is 1. The Labute approximate surface area is 150 Å². The molecule has 0 aliphatic carbocycles. The molecule has 0 atom stereocenters. The molecule has 0 saturated carbocycles. The van der Waals surface area contributed by atoms with Gasteiger partial charge in [-0.15, -0.1) is 0 Å². The summed E-state index contributed by atoms with van der Waals surface area (Å²) in [5, 5.41) is 11.6. The molecule has 26 heavy (non-hydrogen) atoms. The van der Waals surface area contributed by atoms with E-state index in [4.69, 9.17) is 5.26 Å². The smallest absolute Gasteiger partial charge is 0.372 e. The van der Waals surface area contributed by atoms with Gasteiger partial charge in [0, 0.05) is 45.0 Å². The number of hydrogen-bond donors (Lipinski definition) is 1. The van der Waals surface area contributed by atoms with E-state index in [0.717, 1.165) is 0 Å². The second-order valence-electron chi connectivity index (χ2n) is 5.97. The van der Waals surface area contributed by atoms with Crippen molar-refractivity contribution in [3.63, 3.8) is 0 Å². The van der Waals surface area contributed by atoms with Crippen molar-refractivity contribution < 1.29 is 22.7 Å². The van der Waals surface area contributed by atoms with E-state index in [1.54, 1.807) is 29.2 Å². The zero-order chi connectivity index (χ0) is 19.0. The van der Waals surface area contributed by atoms with Gasteiger partial charge in [0.05, 0.1) is 11.6 Å². The molecular formula is C17H21F3N4O2. The van der Waals surface area contributed by atoms with Crippen molar-refractivity contribution in [2.45, 2.75) is 12.6 Å². The molecule has 1 N–H and O–H groups in total. The summed E-state index contributed by atoms with van der Waals surface area (Å²) >= 11 is 0. The van der Waals surface area contributed by atoms with Crippen molar-refractivity contribution in [3.05, 3.63) is 29.8 Å². The molecule has 1 aliphatic heterocycles. The van der Waals surface area contributed by atoms with E-state index in [1.807, 2.05) is 6.07 Å². The zero-order valence-electron chi connectivity index (χ0n) is 14.3. The van der Waals surface area contributed by atoms with E-state index in [9.17, 15) is 18.0 Å². The fraction of sp³-hybridized carbons (Fsp3) is 0.529. The molecule has 0 radical (unpaired) electrons. The standard InChI is InChI=1S/C17H21F3N4O2/c18-17(19,20)13-26-10-2-5-23-6-8-24(9-7-23)16(25)22-15-4-1-3-14(11-15)12-21/h1,3-4,11H,2,5-10,13H2,(H,22,25). The zero-order valence-corrected chi connectivity index (χ0v) is 14.3. The molecule has 1 fully saturated rings. The number of benzene rings is 1. The highest BCUT2D eigenvalue weighted by Gasteiger charge is 2.27. The Morgan fingerprint density at radius 1 is 1.27 bits per heavy atom. The topological polar surface area (TPSA) is 68.6 Å². The number of urea groups is 1. The van der Waals surface area contributed by atoms with E-state index < -0.39 is 12.8 Å². The predicted octanol–water partition coefficient (Wildman–Crippen LogP) is 2.68. The third-order valence-electron chi connectivity index (χ3n) is 3.93. The van der Waals surface area contributed by atoms with Gasteiger partial charge in [0.25, 0.3) is 0 Å². The minimum Gasteiger partial charge on any atom is -0.372 e. The number of nitrogens with one attached hydrogen (secondary N) is 1. The summed E-state index contributed by atoms with van der Waals surface area (Å²) in [5.41, 5.74) is 1.04. The molecule has 0 aromatic heterocycles. The Bertz CT molecular complexity index is 638. The second-order valence-corrected chi connectivity index (χ2v) is 5.97. The largest absolute Gasteiger partial charge is 0.411 e. The van der Waals surface area contributed by atoms with E-state index in [2.05, 4.69) is 15.0 Å². The number of hydrogen-bond acceptors (Lipinski definition) is 4. The number of rotatable bonds is 6. The molecule has 2 rings (SSSR count). The Kier molecular flexibility index (Phi) is 7.24. The van der Waals surface area contributed by atoms with Crippen molar-refractivity contribution in [2.75, 3.05) is 51.3 Å². The molecule has 9 heteroatoms. The van der Waals surface area contributed by atoms with Gasteiger partial charge in [0.15, 0.2) is 0 Å². The second kappa shape index (κ2) is 9.40. The van der Waals surface area contributed by atoms with Crippen LogP contribution in [0.25, 0.3) is 0 Å². The van der Waals surface area contributed by atoms with Gasteiger partial charge < -0.3 is 15.0 Å². The van der Waals surface area contributed by atoms with E-state index >= 15 is 0 Å². The molecule has 1 aliphatic rings. The average Bonchev–Trinajstić information content (AvgIpc) is 2.61. The number of carbonyl (C=O) groups excluding carboxylic acids is 1.